The van der Waals surface area contributed by atoms with Gasteiger partial charge in [0.2, 0.25) is 0 Å². The molecule has 0 bridgehead atoms. The second-order valence-corrected chi connectivity index (χ2v) is 6.50. The summed E-state index contributed by atoms with van der Waals surface area (Å²) >= 11 is 9.79. The quantitative estimate of drug-likeness (QED) is 0.628. The van der Waals surface area contributed by atoms with E-state index in [1.807, 2.05) is 36.4 Å². The van der Waals surface area contributed by atoms with Crippen LogP contribution in [0.1, 0.15) is 19.9 Å². The summed E-state index contributed by atoms with van der Waals surface area (Å²) in [6.07, 6.45) is 0. The van der Waals surface area contributed by atoms with Gasteiger partial charge in [-0.2, -0.15) is 0 Å². The first-order valence-corrected chi connectivity index (χ1v) is 7.88. The summed E-state index contributed by atoms with van der Waals surface area (Å²) in [5.41, 5.74) is 9.54. The van der Waals surface area contributed by atoms with Crippen LogP contribution in [-0.2, 0) is 0 Å². The molecule has 1 aromatic heterocycles. The largest absolute Gasteiger partial charge is 0.398 e. The number of nitrogens with zero attached hydrogens (tertiary/aromatic N) is 2. The van der Waals surface area contributed by atoms with Crippen LogP contribution in [-0.4, -0.2) is 9.55 Å². The van der Waals surface area contributed by atoms with E-state index in [4.69, 9.17) is 22.3 Å². The molecule has 0 fully saturated rings. The molecule has 1 heterocycles. The Kier molecular flexibility index (Phi) is 3.68. The summed E-state index contributed by atoms with van der Waals surface area (Å²) < 4.78 is 3.04. The third kappa shape index (κ3) is 2.43. The fourth-order valence-electron chi connectivity index (χ4n) is 2.50. The fourth-order valence-corrected chi connectivity index (χ4v) is 3.00. The molecule has 5 heteroatoms. The van der Waals surface area contributed by atoms with Gasteiger partial charge in [-0.25, -0.2) is 4.98 Å². The number of anilines is 1. The van der Waals surface area contributed by atoms with Gasteiger partial charge in [0, 0.05) is 21.8 Å². The van der Waals surface area contributed by atoms with E-state index in [2.05, 4.69) is 34.3 Å². The van der Waals surface area contributed by atoms with Gasteiger partial charge in [0.15, 0.2) is 0 Å². The molecule has 0 saturated carbocycles. The number of rotatable bonds is 2. The molecule has 0 spiro atoms. The second kappa shape index (κ2) is 5.35. The first-order chi connectivity index (χ1) is 9.99. The predicted molar refractivity (Wildman–Crippen MR) is 92.7 cm³/mol. The summed E-state index contributed by atoms with van der Waals surface area (Å²) in [4.78, 5) is 4.74. The van der Waals surface area contributed by atoms with E-state index in [1.54, 1.807) is 0 Å². The Morgan fingerprint density at radius 2 is 2.00 bits per heavy atom. The number of halogens is 2. The summed E-state index contributed by atoms with van der Waals surface area (Å²) in [5.74, 6) is 0.882. The first kappa shape index (κ1) is 14.4. The molecule has 3 nitrogen and oxygen atoms in total. The number of hydrogen-bond acceptors (Lipinski definition) is 2. The Balaban J connectivity index is 2.34. The van der Waals surface area contributed by atoms with Crippen LogP contribution in [0.5, 0.6) is 0 Å². The fraction of sp³-hybridized carbons (Fsp3) is 0.188. The molecule has 0 unspecified atom stereocenters. The highest BCUT2D eigenvalue weighted by Crippen LogP contribution is 2.34. The van der Waals surface area contributed by atoms with Crippen LogP contribution in [0.15, 0.2) is 40.9 Å². The molecule has 3 rings (SSSR count). The second-order valence-electron chi connectivity index (χ2n) is 5.24. The molecule has 0 radical (unpaired) electrons. The number of fused-ring (bicyclic) bond motifs is 1. The molecule has 3 aromatic rings. The Morgan fingerprint density at radius 3 is 2.67 bits per heavy atom. The van der Waals surface area contributed by atoms with Crippen LogP contribution >= 0.6 is 27.5 Å². The van der Waals surface area contributed by atoms with Crippen molar-refractivity contribution in [2.75, 3.05) is 5.73 Å². The highest BCUT2D eigenvalue weighted by Gasteiger charge is 2.17. The van der Waals surface area contributed by atoms with Gasteiger partial charge in [0.1, 0.15) is 5.82 Å². The van der Waals surface area contributed by atoms with Gasteiger partial charge in [0.05, 0.1) is 16.1 Å². The van der Waals surface area contributed by atoms with Crippen LogP contribution in [0.3, 0.4) is 0 Å². The van der Waals surface area contributed by atoms with Crippen molar-refractivity contribution >= 4 is 44.3 Å². The minimum absolute atomic E-state index is 0.245. The third-order valence-corrected chi connectivity index (χ3v) is 4.46. The Labute approximate surface area is 136 Å². The average molecular weight is 365 g/mol. The van der Waals surface area contributed by atoms with E-state index in [9.17, 15) is 0 Å². The third-order valence-electron chi connectivity index (χ3n) is 3.43. The van der Waals surface area contributed by atoms with Crippen molar-refractivity contribution in [1.82, 2.24) is 9.55 Å². The summed E-state index contributed by atoms with van der Waals surface area (Å²) in [6.45, 7) is 4.24. The zero-order chi connectivity index (χ0) is 15.1. The van der Waals surface area contributed by atoms with Gasteiger partial charge in [-0.3, -0.25) is 0 Å². The SMILES string of the molecule is CC(C)n1c(-c2ccc(Br)c(N)c2)nc2cccc(Cl)c21. The number of hydrogen-bond donors (Lipinski definition) is 1. The number of nitrogens with two attached hydrogens (primary N) is 1. The lowest BCUT2D eigenvalue weighted by Gasteiger charge is -2.14. The molecule has 108 valence electrons. The summed E-state index contributed by atoms with van der Waals surface area (Å²) in [5, 5.41) is 0.713. The molecule has 2 N–H and O–H groups in total. The van der Waals surface area contributed by atoms with E-state index < -0.39 is 0 Å². The van der Waals surface area contributed by atoms with Crippen LogP contribution in [0.25, 0.3) is 22.4 Å². The standard InChI is InChI=1S/C16H15BrClN3/c1-9(2)21-15-12(18)4-3-5-14(15)20-16(21)10-6-7-11(17)13(19)8-10/h3-9H,19H2,1-2H3. The van der Waals surface area contributed by atoms with Gasteiger partial charge < -0.3 is 10.3 Å². The maximum Gasteiger partial charge on any atom is 0.141 e. The van der Waals surface area contributed by atoms with Crippen molar-refractivity contribution in [3.63, 3.8) is 0 Å². The smallest absolute Gasteiger partial charge is 0.141 e. The van der Waals surface area contributed by atoms with Crippen LogP contribution < -0.4 is 5.73 Å². The minimum atomic E-state index is 0.245. The van der Waals surface area contributed by atoms with Gasteiger partial charge >= 0.3 is 0 Å². The normalized spacial score (nSPS) is 11.5. The molecule has 0 aliphatic carbocycles. The van der Waals surface area contributed by atoms with Crippen LogP contribution in [0.2, 0.25) is 5.02 Å². The van der Waals surface area contributed by atoms with Gasteiger partial charge in [-0.1, -0.05) is 17.7 Å². The summed E-state index contributed by atoms with van der Waals surface area (Å²) in [7, 11) is 0. The first-order valence-electron chi connectivity index (χ1n) is 6.71. The van der Waals surface area contributed by atoms with E-state index >= 15 is 0 Å². The number of benzene rings is 2. The Hall–Kier alpha value is -1.52. The molecule has 0 amide bonds. The lowest BCUT2D eigenvalue weighted by molar-refractivity contribution is 0.624. The van der Waals surface area contributed by atoms with Crippen molar-refractivity contribution in [2.45, 2.75) is 19.9 Å². The number of imidazole rings is 1. The molecule has 0 aliphatic heterocycles. The van der Waals surface area contributed by atoms with Crippen molar-refractivity contribution in [2.24, 2.45) is 0 Å². The van der Waals surface area contributed by atoms with Crippen LogP contribution in [0.4, 0.5) is 5.69 Å². The van der Waals surface area contributed by atoms with Crippen molar-refractivity contribution in [3.05, 3.63) is 45.9 Å². The van der Waals surface area contributed by atoms with E-state index in [0.29, 0.717) is 10.7 Å². The van der Waals surface area contributed by atoms with Crippen molar-refractivity contribution in [1.29, 1.82) is 0 Å². The monoisotopic (exact) mass is 363 g/mol. The lowest BCUT2D eigenvalue weighted by atomic mass is 10.2. The van der Waals surface area contributed by atoms with Gasteiger partial charge in [0.25, 0.3) is 0 Å². The highest BCUT2D eigenvalue weighted by molar-refractivity contribution is 9.10. The highest BCUT2D eigenvalue weighted by atomic mass is 79.9. The Bertz CT molecular complexity index is 824. The topological polar surface area (TPSA) is 43.8 Å². The number of para-hydroxylation sites is 1. The van der Waals surface area contributed by atoms with E-state index in [1.165, 1.54) is 0 Å². The lowest BCUT2D eigenvalue weighted by Crippen LogP contribution is -2.03. The predicted octanol–water partition coefficient (Wildman–Crippen LogP) is 5.28. The van der Waals surface area contributed by atoms with Gasteiger partial charge in [-0.15, -0.1) is 0 Å². The van der Waals surface area contributed by atoms with Crippen molar-refractivity contribution < 1.29 is 0 Å². The van der Waals surface area contributed by atoms with Crippen molar-refractivity contribution in [3.8, 4) is 11.4 Å². The number of nitrogen functional groups attached to an aromatic ring is 1. The van der Waals surface area contributed by atoms with E-state index in [-0.39, 0.29) is 6.04 Å². The summed E-state index contributed by atoms with van der Waals surface area (Å²) in [6, 6.07) is 11.9. The maximum absolute atomic E-state index is 6.37. The van der Waals surface area contributed by atoms with Crippen LogP contribution in [0, 0.1) is 0 Å². The molecule has 0 saturated heterocycles. The Morgan fingerprint density at radius 1 is 1.24 bits per heavy atom. The zero-order valence-corrected chi connectivity index (χ0v) is 14.1. The molecule has 0 atom stereocenters. The van der Waals surface area contributed by atoms with E-state index in [0.717, 1.165) is 26.9 Å². The molecule has 0 aliphatic rings. The molecular weight excluding hydrogens is 350 g/mol. The average Bonchev–Trinajstić information content (AvgIpc) is 2.83. The number of aromatic nitrogens is 2. The zero-order valence-electron chi connectivity index (χ0n) is 11.8. The minimum Gasteiger partial charge on any atom is -0.398 e. The molecule has 21 heavy (non-hydrogen) atoms. The molecular formula is C16H15BrClN3. The van der Waals surface area contributed by atoms with Gasteiger partial charge in [-0.05, 0) is 60.1 Å². The molecule has 2 aromatic carbocycles. The maximum atomic E-state index is 6.37.